The summed E-state index contributed by atoms with van der Waals surface area (Å²) in [5, 5.41) is 6.47. The molecule has 9 heteroatoms. The molecule has 1 unspecified atom stereocenters. The molecule has 0 radical (unpaired) electrons. The Balaban J connectivity index is 1.46. The monoisotopic (exact) mass is 473 g/mol. The minimum absolute atomic E-state index is 0.0320. The summed E-state index contributed by atoms with van der Waals surface area (Å²) in [5.74, 6) is -0.321. The number of benzene rings is 1. The number of thioether (sulfide) groups is 1. The molecule has 5 rings (SSSR count). The van der Waals surface area contributed by atoms with E-state index in [2.05, 4.69) is 77.2 Å². The molecule has 8 nitrogen and oxygen atoms in total. The number of allylic oxidation sites excluding steroid dienone is 1. The summed E-state index contributed by atoms with van der Waals surface area (Å²) in [7, 11) is 0. The quantitative estimate of drug-likeness (QED) is 0.391. The molecular weight excluding hydrogens is 446 g/mol. The molecule has 4 heterocycles. The minimum Gasteiger partial charge on any atom is -0.367 e. The Morgan fingerprint density at radius 1 is 1.21 bits per heavy atom. The number of aryl methyl sites for hydroxylation is 1. The summed E-state index contributed by atoms with van der Waals surface area (Å²) in [6, 6.07) is 8.30. The number of hydrogen-bond donors (Lipinski definition) is 3. The Bertz CT molecular complexity index is 1400. The average Bonchev–Trinajstić information content (AvgIpc) is 3.53. The van der Waals surface area contributed by atoms with Gasteiger partial charge >= 0.3 is 0 Å². The van der Waals surface area contributed by atoms with Crippen LogP contribution in [0.3, 0.4) is 0 Å². The number of nitrogens with zero attached hydrogens (tertiary/aromatic N) is 4. The molecule has 1 amide bonds. The van der Waals surface area contributed by atoms with Gasteiger partial charge in [-0.3, -0.25) is 9.89 Å². The van der Waals surface area contributed by atoms with Gasteiger partial charge < -0.3 is 15.6 Å². The zero-order chi connectivity index (χ0) is 24.0. The predicted molar refractivity (Wildman–Crippen MR) is 135 cm³/mol. The standard InChI is InChI=1S/C25H27N7OS/c1-14-7-15(21-22-19(27-13-28-21)8-18(31-22)17-9-29-30-10-17)5-6-16(14)11-32-12-20(25(2,3)4)34-24(32)23(26)33/h5-10,12-13,24,31H,11H2,1-4H3,(H2,26,33)(H,29,30). The smallest absolute Gasteiger partial charge is 0.251 e. The molecule has 3 aromatic heterocycles. The maximum Gasteiger partial charge on any atom is 0.251 e. The number of carbonyl (C=O) groups excluding carboxylic acids is 1. The maximum absolute atomic E-state index is 12.1. The van der Waals surface area contributed by atoms with Crippen molar-refractivity contribution in [3.05, 3.63) is 65.2 Å². The number of nitrogens with two attached hydrogens (primary N) is 1. The summed E-state index contributed by atoms with van der Waals surface area (Å²) in [4.78, 5) is 27.8. The summed E-state index contributed by atoms with van der Waals surface area (Å²) in [6.45, 7) is 9.13. The molecular formula is C25H27N7OS. The number of nitrogens with one attached hydrogen (secondary N) is 2. The van der Waals surface area contributed by atoms with E-state index in [0.717, 1.165) is 49.6 Å². The predicted octanol–water partition coefficient (Wildman–Crippen LogP) is 4.57. The molecule has 0 saturated carbocycles. The SMILES string of the molecule is Cc1cc(-c2ncnc3cc(-c4cn[nH]c4)[nH]c23)ccc1CN1C=C(C(C)(C)C)SC1C(N)=O. The van der Waals surface area contributed by atoms with Crippen molar-refractivity contribution in [1.82, 2.24) is 30.0 Å². The topological polar surface area (TPSA) is 117 Å². The summed E-state index contributed by atoms with van der Waals surface area (Å²) in [5.41, 5.74) is 13.4. The summed E-state index contributed by atoms with van der Waals surface area (Å²) >= 11 is 1.55. The first kappa shape index (κ1) is 22.2. The van der Waals surface area contributed by atoms with E-state index >= 15 is 0 Å². The second-order valence-corrected chi connectivity index (χ2v) is 10.7. The summed E-state index contributed by atoms with van der Waals surface area (Å²) in [6.07, 6.45) is 7.28. The van der Waals surface area contributed by atoms with Gasteiger partial charge in [0.05, 0.1) is 28.6 Å². The summed E-state index contributed by atoms with van der Waals surface area (Å²) < 4.78 is 0. The van der Waals surface area contributed by atoms with E-state index in [4.69, 9.17) is 5.73 Å². The van der Waals surface area contributed by atoms with Gasteiger partial charge in [0.1, 0.15) is 6.33 Å². The van der Waals surface area contributed by atoms with Crippen molar-refractivity contribution in [3.8, 4) is 22.5 Å². The van der Waals surface area contributed by atoms with Gasteiger partial charge in [0, 0.05) is 35.0 Å². The first-order chi connectivity index (χ1) is 16.2. The van der Waals surface area contributed by atoms with Crippen molar-refractivity contribution in [2.24, 2.45) is 11.1 Å². The van der Waals surface area contributed by atoms with E-state index in [9.17, 15) is 4.79 Å². The van der Waals surface area contributed by atoms with Crippen LogP contribution >= 0.6 is 11.8 Å². The Labute approximate surface area is 202 Å². The number of aromatic amines is 2. The lowest BCUT2D eigenvalue weighted by atomic mass is 9.96. The van der Waals surface area contributed by atoms with Crippen LogP contribution in [0.5, 0.6) is 0 Å². The molecule has 0 fully saturated rings. The van der Waals surface area contributed by atoms with Crippen molar-refractivity contribution in [3.63, 3.8) is 0 Å². The van der Waals surface area contributed by atoms with Gasteiger partial charge in [-0.1, -0.05) is 44.7 Å². The van der Waals surface area contributed by atoms with Gasteiger partial charge in [-0.05, 0) is 35.6 Å². The molecule has 1 aliphatic rings. The van der Waals surface area contributed by atoms with Crippen LogP contribution < -0.4 is 5.73 Å². The van der Waals surface area contributed by atoms with Crippen molar-refractivity contribution in [1.29, 1.82) is 0 Å². The van der Waals surface area contributed by atoms with E-state index in [-0.39, 0.29) is 11.3 Å². The Morgan fingerprint density at radius 2 is 2.03 bits per heavy atom. The van der Waals surface area contributed by atoms with Crippen molar-refractivity contribution >= 4 is 28.7 Å². The molecule has 34 heavy (non-hydrogen) atoms. The molecule has 1 aromatic carbocycles. The molecule has 0 saturated heterocycles. The minimum atomic E-state index is -0.393. The molecule has 174 valence electrons. The second kappa shape index (κ2) is 8.32. The second-order valence-electron chi connectivity index (χ2n) is 9.58. The van der Waals surface area contributed by atoms with Crippen molar-refractivity contribution in [2.45, 2.75) is 39.6 Å². The lowest BCUT2D eigenvalue weighted by Crippen LogP contribution is -2.36. The first-order valence-electron chi connectivity index (χ1n) is 11.1. The third-order valence-electron chi connectivity index (χ3n) is 6.00. The lowest BCUT2D eigenvalue weighted by molar-refractivity contribution is -0.119. The number of rotatable bonds is 5. The van der Waals surface area contributed by atoms with Crippen LogP contribution in [0.4, 0.5) is 0 Å². The zero-order valence-electron chi connectivity index (χ0n) is 19.6. The zero-order valence-corrected chi connectivity index (χ0v) is 20.4. The number of aromatic nitrogens is 5. The van der Waals surface area contributed by atoms with Crippen LogP contribution in [0.15, 0.2) is 54.1 Å². The van der Waals surface area contributed by atoms with Gasteiger partial charge in [-0.15, -0.1) is 0 Å². The highest BCUT2D eigenvalue weighted by atomic mass is 32.2. The van der Waals surface area contributed by atoms with E-state index in [1.807, 2.05) is 17.2 Å². The van der Waals surface area contributed by atoms with Gasteiger partial charge in [-0.25, -0.2) is 9.97 Å². The number of primary amides is 1. The van der Waals surface area contributed by atoms with E-state index in [1.54, 1.807) is 24.3 Å². The number of fused-ring (bicyclic) bond motifs is 1. The van der Waals surface area contributed by atoms with Crippen LogP contribution in [-0.2, 0) is 11.3 Å². The number of carbonyl (C=O) groups is 1. The Kier molecular flexibility index (Phi) is 5.44. The van der Waals surface area contributed by atoms with Crippen molar-refractivity contribution < 1.29 is 4.79 Å². The fourth-order valence-electron chi connectivity index (χ4n) is 4.09. The Hall–Kier alpha value is -3.59. The normalized spacial score (nSPS) is 16.3. The van der Waals surface area contributed by atoms with Crippen LogP contribution in [0.1, 0.15) is 31.9 Å². The van der Waals surface area contributed by atoms with Crippen LogP contribution in [0.2, 0.25) is 0 Å². The maximum atomic E-state index is 12.1. The van der Waals surface area contributed by atoms with Gasteiger partial charge in [0.2, 0.25) is 0 Å². The van der Waals surface area contributed by atoms with E-state index in [1.165, 1.54) is 0 Å². The molecule has 0 spiro atoms. The molecule has 1 atom stereocenters. The molecule has 0 bridgehead atoms. The molecule has 0 aliphatic carbocycles. The number of hydrogen-bond acceptors (Lipinski definition) is 6. The number of H-pyrrole nitrogens is 2. The van der Waals surface area contributed by atoms with E-state index in [0.29, 0.717) is 6.54 Å². The highest BCUT2D eigenvalue weighted by molar-refractivity contribution is 8.04. The molecule has 1 aliphatic heterocycles. The van der Waals surface area contributed by atoms with Crippen LogP contribution in [-0.4, -0.2) is 41.3 Å². The lowest BCUT2D eigenvalue weighted by Gasteiger charge is -2.23. The van der Waals surface area contributed by atoms with Crippen LogP contribution in [0, 0.1) is 12.3 Å². The van der Waals surface area contributed by atoms with Crippen molar-refractivity contribution in [2.75, 3.05) is 0 Å². The fraction of sp³-hybridized carbons (Fsp3) is 0.280. The largest absolute Gasteiger partial charge is 0.367 e. The molecule has 4 aromatic rings. The van der Waals surface area contributed by atoms with E-state index < -0.39 is 5.37 Å². The highest BCUT2D eigenvalue weighted by Crippen LogP contribution is 2.44. The first-order valence-corrected chi connectivity index (χ1v) is 12.0. The van der Waals surface area contributed by atoms with Crippen LogP contribution in [0.25, 0.3) is 33.5 Å². The van der Waals surface area contributed by atoms with Gasteiger partial charge in [0.25, 0.3) is 5.91 Å². The highest BCUT2D eigenvalue weighted by Gasteiger charge is 2.34. The Morgan fingerprint density at radius 3 is 2.71 bits per heavy atom. The van der Waals surface area contributed by atoms with Gasteiger partial charge in [0.15, 0.2) is 5.37 Å². The third-order valence-corrected chi connectivity index (χ3v) is 7.70. The number of amides is 1. The fourth-order valence-corrected chi connectivity index (χ4v) is 5.26. The molecule has 4 N–H and O–H groups in total. The van der Waals surface area contributed by atoms with Gasteiger partial charge in [-0.2, -0.15) is 5.10 Å². The average molecular weight is 474 g/mol. The third kappa shape index (κ3) is 4.07.